The zero-order valence-electron chi connectivity index (χ0n) is 8.68. The van der Waals surface area contributed by atoms with Crippen molar-refractivity contribution in [1.82, 2.24) is 5.32 Å². The number of rotatable bonds is 2. The van der Waals surface area contributed by atoms with Gasteiger partial charge in [-0.05, 0) is 6.07 Å². The summed E-state index contributed by atoms with van der Waals surface area (Å²) in [4.78, 5) is 21.9. The molecular formula is C10H6ClNO5S. The molecule has 0 fully saturated rings. The highest BCUT2D eigenvalue weighted by Crippen LogP contribution is 2.31. The highest BCUT2D eigenvalue weighted by molar-refractivity contribution is 7.86. The van der Waals surface area contributed by atoms with E-state index in [0.717, 1.165) is 6.08 Å². The van der Waals surface area contributed by atoms with Crippen molar-refractivity contribution in [3.05, 3.63) is 34.9 Å². The summed E-state index contributed by atoms with van der Waals surface area (Å²) in [6.45, 7) is 0. The molecule has 0 saturated heterocycles. The standard InChI is InChI=1S/C10H6ClNO5S/c11-7-3-1-2-5(9(7)18(15,16)17)6-4-8(13)12-10(6)14/h1-4H,(H,12,13,14)(H,15,16,17). The summed E-state index contributed by atoms with van der Waals surface area (Å²) in [7, 11) is -4.61. The average molecular weight is 288 g/mol. The van der Waals surface area contributed by atoms with Crippen LogP contribution in [-0.4, -0.2) is 24.8 Å². The number of hydrogen-bond donors (Lipinski definition) is 2. The summed E-state index contributed by atoms with van der Waals surface area (Å²) >= 11 is 5.69. The maximum Gasteiger partial charge on any atom is 0.296 e. The van der Waals surface area contributed by atoms with Crippen molar-refractivity contribution in [3.63, 3.8) is 0 Å². The Hall–Kier alpha value is -1.70. The van der Waals surface area contributed by atoms with Crippen LogP contribution in [0.5, 0.6) is 0 Å². The van der Waals surface area contributed by atoms with Gasteiger partial charge in [0, 0.05) is 11.6 Å². The molecule has 0 bridgehead atoms. The molecule has 1 aromatic rings. The third-order valence-corrected chi connectivity index (χ3v) is 3.65. The van der Waals surface area contributed by atoms with Crippen LogP contribution in [0.15, 0.2) is 29.2 Å². The van der Waals surface area contributed by atoms with Crippen LogP contribution in [0.25, 0.3) is 5.57 Å². The van der Waals surface area contributed by atoms with Crippen LogP contribution in [0.3, 0.4) is 0 Å². The van der Waals surface area contributed by atoms with Crippen LogP contribution in [-0.2, 0) is 19.7 Å². The molecule has 0 atom stereocenters. The van der Waals surface area contributed by atoms with Crippen molar-refractivity contribution in [2.75, 3.05) is 0 Å². The minimum Gasteiger partial charge on any atom is -0.289 e. The molecule has 94 valence electrons. The normalized spacial score (nSPS) is 15.6. The van der Waals surface area contributed by atoms with Crippen LogP contribution < -0.4 is 5.32 Å². The van der Waals surface area contributed by atoms with Crippen LogP contribution in [0.1, 0.15) is 5.56 Å². The minimum absolute atomic E-state index is 0.117. The largest absolute Gasteiger partial charge is 0.296 e. The van der Waals surface area contributed by atoms with E-state index >= 15 is 0 Å². The Morgan fingerprint density at radius 3 is 2.39 bits per heavy atom. The van der Waals surface area contributed by atoms with Gasteiger partial charge >= 0.3 is 0 Å². The first-order chi connectivity index (χ1) is 8.30. The summed E-state index contributed by atoms with van der Waals surface area (Å²) in [5, 5.41) is 1.74. The van der Waals surface area contributed by atoms with E-state index in [1.54, 1.807) is 0 Å². The van der Waals surface area contributed by atoms with E-state index < -0.39 is 26.8 Å². The Bertz CT molecular complexity index is 692. The van der Waals surface area contributed by atoms with E-state index in [1.807, 2.05) is 5.32 Å². The summed E-state index contributed by atoms with van der Waals surface area (Å²) in [6.07, 6.45) is 0.947. The zero-order chi connectivity index (χ0) is 13.5. The lowest BCUT2D eigenvalue weighted by Gasteiger charge is -2.08. The first kappa shape index (κ1) is 12.7. The predicted octanol–water partition coefficient (Wildman–Crippen LogP) is 0.627. The summed E-state index contributed by atoms with van der Waals surface area (Å²) in [6, 6.07) is 3.94. The van der Waals surface area contributed by atoms with Gasteiger partial charge in [0.1, 0.15) is 4.90 Å². The molecule has 0 radical (unpaired) electrons. The molecule has 6 nitrogen and oxygen atoms in total. The second-order valence-corrected chi connectivity index (χ2v) is 5.23. The molecule has 1 aliphatic rings. The minimum atomic E-state index is -4.61. The van der Waals surface area contributed by atoms with Gasteiger partial charge in [-0.15, -0.1) is 0 Å². The second-order valence-electron chi connectivity index (χ2n) is 3.47. The van der Waals surface area contributed by atoms with Crippen molar-refractivity contribution in [1.29, 1.82) is 0 Å². The van der Waals surface area contributed by atoms with Gasteiger partial charge in [-0.2, -0.15) is 8.42 Å². The van der Waals surface area contributed by atoms with E-state index in [-0.39, 0.29) is 16.2 Å². The van der Waals surface area contributed by atoms with Gasteiger partial charge in [0.2, 0.25) is 0 Å². The Balaban J connectivity index is 2.74. The first-order valence-corrected chi connectivity index (χ1v) is 6.46. The van der Waals surface area contributed by atoms with E-state index in [1.165, 1.54) is 18.2 Å². The topological polar surface area (TPSA) is 101 Å². The molecular weight excluding hydrogens is 282 g/mol. The third kappa shape index (κ3) is 2.15. The molecule has 0 aliphatic carbocycles. The van der Waals surface area contributed by atoms with Crippen LogP contribution in [0.2, 0.25) is 5.02 Å². The molecule has 2 amide bonds. The monoisotopic (exact) mass is 287 g/mol. The molecule has 1 aromatic carbocycles. The SMILES string of the molecule is O=C1C=C(c2cccc(Cl)c2S(=O)(=O)O)C(=O)N1. The Labute approximate surface area is 107 Å². The summed E-state index contributed by atoms with van der Waals surface area (Å²) in [5.74, 6) is -1.40. The fourth-order valence-corrected chi connectivity index (χ4v) is 2.83. The molecule has 2 N–H and O–H groups in total. The van der Waals surface area contributed by atoms with Gasteiger partial charge in [-0.25, -0.2) is 0 Å². The molecule has 0 unspecified atom stereocenters. The van der Waals surface area contributed by atoms with Gasteiger partial charge < -0.3 is 0 Å². The van der Waals surface area contributed by atoms with Gasteiger partial charge in [0.15, 0.2) is 0 Å². The van der Waals surface area contributed by atoms with Crippen molar-refractivity contribution in [3.8, 4) is 0 Å². The molecule has 0 saturated carbocycles. The number of imide groups is 1. The Morgan fingerprint density at radius 1 is 1.22 bits per heavy atom. The maximum atomic E-state index is 11.5. The highest BCUT2D eigenvalue weighted by Gasteiger charge is 2.29. The molecule has 1 heterocycles. The zero-order valence-corrected chi connectivity index (χ0v) is 10.2. The van der Waals surface area contributed by atoms with Crippen LogP contribution in [0.4, 0.5) is 0 Å². The van der Waals surface area contributed by atoms with Gasteiger partial charge in [-0.1, -0.05) is 23.7 Å². The number of amides is 2. The second kappa shape index (κ2) is 4.20. The molecule has 2 rings (SSSR count). The van der Waals surface area contributed by atoms with E-state index in [4.69, 9.17) is 16.2 Å². The molecule has 18 heavy (non-hydrogen) atoms. The smallest absolute Gasteiger partial charge is 0.289 e. The van der Waals surface area contributed by atoms with Crippen LogP contribution in [0, 0.1) is 0 Å². The highest BCUT2D eigenvalue weighted by atomic mass is 35.5. The number of carbonyl (C=O) groups excluding carboxylic acids is 2. The predicted molar refractivity (Wildman–Crippen MR) is 62.4 cm³/mol. The van der Waals surface area contributed by atoms with Gasteiger partial charge in [-0.3, -0.25) is 19.5 Å². The summed E-state index contributed by atoms with van der Waals surface area (Å²) < 4.78 is 31.6. The van der Waals surface area contributed by atoms with Gasteiger partial charge in [0.05, 0.1) is 10.6 Å². The quantitative estimate of drug-likeness (QED) is 0.614. The molecule has 1 aliphatic heterocycles. The fourth-order valence-electron chi connectivity index (χ4n) is 1.60. The third-order valence-electron chi connectivity index (χ3n) is 2.27. The Morgan fingerprint density at radius 2 is 1.89 bits per heavy atom. The van der Waals surface area contributed by atoms with Crippen molar-refractivity contribution >= 4 is 39.1 Å². The van der Waals surface area contributed by atoms with E-state index in [2.05, 4.69) is 0 Å². The molecule has 0 aromatic heterocycles. The van der Waals surface area contributed by atoms with Gasteiger partial charge in [0.25, 0.3) is 21.9 Å². The fraction of sp³-hybridized carbons (Fsp3) is 0. The lowest BCUT2D eigenvalue weighted by Crippen LogP contribution is -2.22. The number of nitrogens with one attached hydrogen (secondary N) is 1. The number of hydrogen-bond acceptors (Lipinski definition) is 4. The lowest BCUT2D eigenvalue weighted by atomic mass is 10.1. The van der Waals surface area contributed by atoms with E-state index in [0.29, 0.717) is 0 Å². The summed E-state index contributed by atoms with van der Waals surface area (Å²) in [5.41, 5.74) is -0.275. The average Bonchev–Trinajstić information content (AvgIpc) is 2.55. The maximum absolute atomic E-state index is 11.5. The Kier molecular flexibility index (Phi) is 2.97. The number of halogens is 1. The van der Waals surface area contributed by atoms with Crippen molar-refractivity contribution < 1.29 is 22.6 Å². The van der Waals surface area contributed by atoms with E-state index in [9.17, 15) is 18.0 Å². The van der Waals surface area contributed by atoms with Crippen molar-refractivity contribution in [2.24, 2.45) is 0 Å². The number of carbonyl (C=O) groups is 2. The first-order valence-electron chi connectivity index (χ1n) is 4.64. The van der Waals surface area contributed by atoms with Crippen molar-refractivity contribution in [2.45, 2.75) is 4.90 Å². The number of benzene rings is 1. The van der Waals surface area contributed by atoms with Crippen LogP contribution >= 0.6 is 11.6 Å². The lowest BCUT2D eigenvalue weighted by molar-refractivity contribution is -0.123. The molecule has 8 heteroatoms. The molecule has 0 spiro atoms.